The van der Waals surface area contributed by atoms with Crippen molar-refractivity contribution in [3.8, 4) is 12.8 Å². The molecule has 2 N–H and O–H groups in total. The number of terminal acetylenes is 1. The van der Waals surface area contributed by atoms with Crippen LogP contribution in [0.2, 0.25) is 0 Å². The van der Waals surface area contributed by atoms with Gasteiger partial charge in [-0.15, -0.1) is 12.8 Å². The van der Waals surface area contributed by atoms with E-state index in [9.17, 15) is 4.79 Å². The summed E-state index contributed by atoms with van der Waals surface area (Å²) in [5.74, 6) is 0.935. The zero-order valence-corrected chi connectivity index (χ0v) is 22.0. The average molecular weight is 436 g/mol. The molecule has 1 fully saturated rings. The second kappa shape index (κ2) is 26.3. The summed E-state index contributed by atoms with van der Waals surface area (Å²) in [5.41, 5.74) is 1.37. The minimum atomic E-state index is -0.0126. The highest BCUT2D eigenvalue weighted by Crippen LogP contribution is 2.07. The third kappa shape index (κ3) is 26.2. The third-order valence-electron chi connectivity index (χ3n) is 5.13. The number of nitrogens with zero attached hydrogens (tertiary/aromatic N) is 1. The molecule has 1 heterocycles. The van der Waals surface area contributed by atoms with Crippen molar-refractivity contribution < 1.29 is 4.79 Å². The minimum Gasteiger partial charge on any atom is -0.338 e. The SMILES string of the molecule is C#C.CC/C=C\C(C)=C/CC.CCC(C)CC.CCCNC(=O)NC1CCN(C)CC1. The number of rotatable bonds is 8. The topological polar surface area (TPSA) is 44.4 Å². The molecule has 1 aliphatic heterocycles. The molecule has 4 nitrogen and oxygen atoms in total. The van der Waals surface area contributed by atoms with E-state index in [-0.39, 0.29) is 6.03 Å². The van der Waals surface area contributed by atoms with Gasteiger partial charge in [0.2, 0.25) is 0 Å². The number of urea groups is 1. The Morgan fingerprint density at radius 1 is 1.06 bits per heavy atom. The molecular weight excluding hydrogens is 382 g/mol. The Balaban J connectivity index is -0.000000398. The average Bonchev–Trinajstić information content (AvgIpc) is 2.79. The van der Waals surface area contributed by atoms with Crippen LogP contribution in [0.4, 0.5) is 4.79 Å². The number of carbonyl (C=O) groups excluding carboxylic acids is 1. The summed E-state index contributed by atoms with van der Waals surface area (Å²) in [7, 11) is 2.12. The van der Waals surface area contributed by atoms with Crippen molar-refractivity contribution in [3.63, 3.8) is 0 Å². The van der Waals surface area contributed by atoms with Gasteiger partial charge in [-0.3, -0.25) is 0 Å². The Labute approximate surface area is 195 Å². The molecule has 0 bridgehead atoms. The van der Waals surface area contributed by atoms with Crippen molar-refractivity contribution in [1.29, 1.82) is 0 Å². The monoisotopic (exact) mass is 435 g/mol. The molecule has 0 radical (unpaired) electrons. The van der Waals surface area contributed by atoms with E-state index in [4.69, 9.17) is 0 Å². The van der Waals surface area contributed by atoms with Gasteiger partial charge in [0.05, 0.1) is 0 Å². The number of piperidine rings is 1. The van der Waals surface area contributed by atoms with Gasteiger partial charge in [-0.2, -0.15) is 0 Å². The molecular formula is C27H53N3O. The van der Waals surface area contributed by atoms with E-state index in [0.717, 1.165) is 57.7 Å². The normalized spacial score (nSPS) is 14.5. The molecule has 0 spiro atoms. The molecule has 0 atom stereocenters. The highest BCUT2D eigenvalue weighted by atomic mass is 16.2. The Morgan fingerprint density at radius 3 is 2.00 bits per heavy atom. The van der Waals surface area contributed by atoms with Crippen LogP contribution in [-0.2, 0) is 0 Å². The summed E-state index contributed by atoms with van der Waals surface area (Å²) in [4.78, 5) is 13.6. The van der Waals surface area contributed by atoms with Crippen molar-refractivity contribution in [2.24, 2.45) is 5.92 Å². The smallest absolute Gasteiger partial charge is 0.315 e. The van der Waals surface area contributed by atoms with Gasteiger partial charge in [-0.05, 0) is 65.1 Å². The van der Waals surface area contributed by atoms with Crippen LogP contribution in [-0.4, -0.2) is 43.7 Å². The van der Waals surface area contributed by atoms with E-state index in [1.54, 1.807) is 0 Å². The fraction of sp³-hybridized carbons (Fsp3) is 0.741. The van der Waals surface area contributed by atoms with Gasteiger partial charge in [-0.1, -0.05) is 78.2 Å². The zero-order chi connectivity index (χ0) is 24.5. The fourth-order valence-corrected chi connectivity index (χ4v) is 2.61. The van der Waals surface area contributed by atoms with Crippen LogP contribution in [0.15, 0.2) is 23.8 Å². The van der Waals surface area contributed by atoms with Gasteiger partial charge >= 0.3 is 6.03 Å². The second-order valence-corrected chi connectivity index (χ2v) is 8.07. The van der Waals surface area contributed by atoms with E-state index in [0.29, 0.717) is 6.04 Å². The maximum atomic E-state index is 11.3. The third-order valence-corrected chi connectivity index (χ3v) is 5.13. The summed E-state index contributed by atoms with van der Waals surface area (Å²) < 4.78 is 0. The van der Waals surface area contributed by atoms with Gasteiger partial charge < -0.3 is 15.5 Å². The molecule has 0 aromatic carbocycles. The van der Waals surface area contributed by atoms with Crippen LogP contribution >= 0.6 is 0 Å². The van der Waals surface area contributed by atoms with Gasteiger partial charge in [0.25, 0.3) is 0 Å². The van der Waals surface area contributed by atoms with Crippen molar-refractivity contribution in [2.75, 3.05) is 26.7 Å². The van der Waals surface area contributed by atoms with Gasteiger partial charge in [0, 0.05) is 12.6 Å². The Morgan fingerprint density at radius 2 is 1.61 bits per heavy atom. The van der Waals surface area contributed by atoms with Crippen LogP contribution < -0.4 is 10.6 Å². The van der Waals surface area contributed by atoms with E-state index in [1.165, 1.54) is 18.4 Å². The largest absolute Gasteiger partial charge is 0.338 e. The summed E-state index contributed by atoms with van der Waals surface area (Å²) in [6.07, 6.45) is 22.6. The van der Waals surface area contributed by atoms with Crippen molar-refractivity contribution in [2.45, 2.75) is 99.5 Å². The maximum absolute atomic E-state index is 11.3. The zero-order valence-electron chi connectivity index (χ0n) is 22.0. The molecule has 2 amide bonds. The maximum Gasteiger partial charge on any atom is 0.315 e. The highest BCUT2D eigenvalue weighted by molar-refractivity contribution is 5.74. The van der Waals surface area contributed by atoms with Crippen LogP contribution in [0.5, 0.6) is 0 Å². The molecule has 1 rings (SSSR count). The molecule has 0 aromatic heterocycles. The molecule has 4 heteroatoms. The van der Waals surface area contributed by atoms with Crippen LogP contribution in [0.1, 0.15) is 93.4 Å². The van der Waals surface area contributed by atoms with Crippen molar-refractivity contribution in [3.05, 3.63) is 23.8 Å². The molecule has 0 unspecified atom stereocenters. The van der Waals surface area contributed by atoms with Gasteiger partial charge in [0.1, 0.15) is 0 Å². The first kappa shape index (κ1) is 33.9. The second-order valence-electron chi connectivity index (χ2n) is 8.07. The summed E-state index contributed by atoms with van der Waals surface area (Å²) >= 11 is 0. The lowest BCUT2D eigenvalue weighted by Gasteiger charge is -2.29. The molecule has 31 heavy (non-hydrogen) atoms. The van der Waals surface area contributed by atoms with Crippen LogP contribution in [0, 0.1) is 18.8 Å². The standard InChI is InChI=1S/C10H21N3O.C9H16.C6H14.C2H2/c1-3-6-11-10(14)12-9-4-7-13(2)8-5-9;1-4-6-8-9(3)7-5-2;1-4-6(3)5-2;1-2/h9H,3-8H2,1-2H3,(H2,11,12,14);6-8H,4-5H2,1-3H3;6H,4-5H2,1-3H3;1-2H/b;8-6-,9-7-;;. The lowest BCUT2D eigenvalue weighted by atomic mass is 10.1. The first-order valence-corrected chi connectivity index (χ1v) is 12.2. The Bertz CT molecular complexity index is 456. The van der Waals surface area contributed by atoms with Gasteiger partial charge in [-0.25, -0.2) is 4.79 Å². The van der Waals surface area contributed by atoms with E-state index < -0.39 is 0 Å². The fourth-order valence-electron chi connectivity index (χ4n) is 2.61. The van der Waals surface area contributed by atoms with Crippen molar-refractivity contribution in [1.82, 2.24) is 15.5 Å². The lowest BCUT2D eigenvalue weighted by Crippen LogP contribution is -2.47. The van der Waals surface area contributed by atoms with E-state index >= 15 is 0 Å². The molecule has 0 saturated carbocycles. The molecule has 0 aromatic rings. The lowest BCUT2D eigenvalue weighted by molar-refractivity contribution is 0.214. The highest BCUT2D eigenvalue weighted by Gasteiger charge is 2.17. The number of nitrogens with one attached hydrogen (secondary N) is 2. The molecule has 0 aliphatic carbocycles. The van der Waals surface area contributed by atoms with Crippen LogP contribution in [0.3, 0.4) is 0 Å². The number of allylic oxidation sites excluding steroid dienone is 4. The minimum absolute atomic E-state index is 0.0126. The van der Waals surface area contributed by atoms with E-state index in [2.05, 4.69) is 102 Å². The van der Waals surface area contributed by atoms with Crippen molar-refractivity contribution >= 4 is 6.03 Å². The Kier molecular flexibility index (Phi) is 28.8. The van der Waals surface area contributed by atoms with E-state index in [1.807, 2.05) is 0 Å². The first-order valence-electron chi connectivity index (χ1n) is 12.2. The number of amides is 2. The summed E-state index contributed by atoms with van der Waals surface area (Å²) in [6, 6.07) is 0.351. The Hall–Kier alpha value is -1.73. The predicted molar refractivity (Wildman–Crippen MR) is 140 cm³/mol. The number of hydrogen-bond acceptors (Lipinski definition) is 2. The number of hydrogen-bond donors (Lipinski definition) is 2. The quantitative estimate of drug-likeness (QED) is 0.325. The molecule has 1 aliphatic rings. The molecule has 182 valence electrons. The first-order chi connectivity index (χ1) is 14.8. The van der Waals surface area contributed by atoms with Crippen LogP contribution in [0.25, 0.3) is 0 Å². The summed E-state index contributed by atoms with van der Waals surface area (Å²) in [6.45, 7) is 18.2. The number of carbonyl (C=O) groups is 1. The number of likely N-dealkylation sites (tertiary alicyclic amines) is 1. The van der Waals surface area contributed by atoms with Gasteiger partial charge in [0.15, 0.2) is 0 Å². The summed E-state index contributed by atoms with van der Waals surface area (Å²) in [5, 5.41) is 5.82. The molecule has 1 saturated heterocycles. The predicted octanol–water partition coefficient (Wildman–Crippen LogP) is 6.79.